The first-order chi connectivity index (χ1) is 8.04. The highest BCUT2D eigenvalue weighted by Gasteiger charge is 2.05. The highest BCUT2D eigenvalue weighted by atomic mass is 32.2. The third-order valence-corrected chi connectivity index (χ3v) is 3.48. The molecule has 0 unspecified atom stereocenters. The van der Waals surface area contributed by atoms with Crippen molar-refractivity contribution >= 4 is 16.6 Å². The molecule has 0 spiro atoms. The van der Waals surface area contributed by atoms with E-state index < -0.39 is 9.84 Å². The van der Waals surface area contributed by atoms with Gasteiger partial charge in [0, 0.05) is 19.3 Å². The molecule has 5 heteroatoms. The maximum Gasteiger partial charge on any atom is 0.175 e. The van der Waals surface area contributed by atoms with Crippen LogP contribution in [0.3, 0.4) is 0 Å². The van der Waals surface area contributed by atoms with Crippen molar-refractivity contribution in [1.82, 2.24) is 5.32 Å². The molecule has 0 bridgehead atoms. The van der Waals surface area contributed by atoms with E-state index in [1.54, 1.807) is 12.1 Å². The Kier molecular flexibility index (Phi) is 5.31. The normalized spacial score (nSPS) is 11.4. The van der Waals surface area contributed by atoms with E-state index in [-0.39, 0.29) is 0 Å². The Morgan fingerprint density at radius 2 is 1.94 bits per heavy atom. The molecule has 0 saturated heterocycles. The molecular formula is C12H18N2O2S. The summed E-state index contributed by atoms with van der Waals surface area (Å²) in [6, 6.07) is 6.93. The number of sulfone groups is 1. The van der Waals surface area contributed by atoms with Crippen molar-refractivity contribution < 1.29 is 8.42 Å². The molecule has 0 aliphatic carbocycles. The number of hydrogen-bond donors (Lipinski definition) is 1. The van der Waals surface area contributed by atoms with E-state index in [2.05, 4.69) is 17.0 Å². The van der Waals surface area contributed by atoms with E-state index in [0.29, 0.717) is 4.90 Å². The van der Waals surface area contributed by atoms with Gasteiger partial charge in [-0.25, -0.2) is 8.42 Å². The monoisotopic (exact) mass is 254 g/mol. The van der Waals surface area contributed by atoms with Crippen molar-refractivity contribution in [1.29, 1.82) is 0 Å². The lowest BCUT2D eigenvalue weighted by atomic mass is 10.2. The molecule has 0 heterocycles. The number of nitrogens with one attached hydrogen (secondary N) is 1. The molecule has 94 valence electrons. The first-order valence-electron chi connectivity index (χ1n) is 5.46. The molecule has 0 aliphatic rings. The van der Waals surface area contributed by atoms with Crippen molar-refractivity contribution in [3.63, 3.8) is 0 Å². The van der Waals surface area contributed by atoms with Crippen LogP contribution in [0.5, 0.6) is 0 Å². The summed E-state index contributed by atoms with van der Waals surface area (Å²) in [4.78, 5) is 4.12. The standard InChI is InChI=1S/C12H18N2O2S/c1-13-8-3-9-14-10-11-4-6-12(7-5-11)17(2,15)16/h4-7,14H,1,3,8-10H2,2H3. The first-order valence-corrected chi connectivity index (χ1v) is 7.35. The summed E-state index contributed by atoms with van der Waals surface area (Å²) in [5, 5.41) is 3.26. The summed E-state index contributed by atoms with van der Waals surface area (Å²) in [7, 11) is -3.09. The van der Waals surface area contributed by atoms with E-state index in [1.807, 2.05) is 12.1 Å². The largest absolute Gasteiger partial charge is 0.313 e. The minimum atomic E-state index is -3.09. The second-order valence-electron chi connectivity index (χ2n) is 3.89. The fraction of sp³-hybridized carbons (Fsp3) is 0.417. The molecule has 1 aromatic rings. The fourth-order valence-electron chi connectivity index (χ4n) is 1.40. The van der Waals surface area contributed by atoms with Crippen LogP contribution < -0.4 is 5.32 Å². The Hall–Kier alpha value is -1.20. The van der Waals surface area contributed by atoms with Gasteiger partial charge in [-0.3, -0.25) is 0 Å². The molecule has 1 N–H and O–H groups in total. The molecule has 4 nitrogen and oxygen atoms in total. The molecule has 0 atom stereocenters. The summed E-state index contributed by atoms with van der Waals surface area (Å²) in [5.74, 6) is 0. The molecule has 0 radical (unpaired) electrons. The number of nitrogens with zero attached hydrogens (tertiary/aromatic N) is 1. The molecule has 1 rings (SSSR count). The van der Waals surface area contributed by atoms with Crippen molar-refractivity contribution in [2.75, 3.05) is 19.3 Å². The lowest BCUT2D eigenvalue weighted by molar-refractivity contribution is 0.601. The van der Waals surface area contributed by atoms with Gasteiger partial charge in [-0.1, -0.05) is 12.1 Å². The van der Waals surface area contributed by atoms with E-state index in [1.165, 1.54) is 6.26 Å². The summed E-state index contributed by atoms with van der Waals surface area (Å²) < 4.78 is 22.5. The summed E-state index contributed by atoms with van der Waals surface area (Å²) in [5.41, 5.74) is 1.07. The van der Waals surface area contributed by atoms with Gasteiger partial charge in [0.25, 0.3) is 0 Å². The van der Waals surface area contributed by atoms with Crippen LogP contribution in [0.2, 0.25) is 0 Å². The Bertz CT molecular complexity index is 452. The second-order valence-corrected chi connectivity index (χ2v) is 5.91. The quantitative estimate of drug-likeness (QED) is 0.589. The van der Waals surface area contributed by atoms with Crippen molar-refractivity contribution in [3.05, 3.63) is 29.8 Å². The van der Waals surface area contributed by atoms with Gasteiger partial charge in [-0.05, 0) is 37.4 Å². The molecule has 1 aromatic carbocycles. The lowest BCUT2D eigenvalue weighted by Crippen LogP contribution is -2.15. The predicted octanol–water partition coefficient (Wildman–Crippen LogP) is 1.27. The maximum absolute atomic E-state index is 11.2. The van der Waals surface area contributed by atoms with E-state index in [4.69, 9.17) is 0 Å². The third-order valence-electron chi connectivity index (χ3n) is 2.35. The van der Waals surface area contributed by atoms with E-state index in [0.717, 1.165) is 31.6 Å². The zero-order chi connectivity index (χ0) is 12.7. The van der Waals surface area contributed by atoms with Gasteiger partial charge in [0.1, 0.15) is 0 Å². The zero-order valence-electron chi connectivity index (χ0n) is 10.0. The van der Waals surface area contributed by atoms with Crippen LogP contribution in [0.15, 0.2) is 34.2 Å². The van der Waals surface area contributed by atoms with Crippen molar-refractivity contribution in [2.45, 2.75) is 17.9 Å². The Labute approximate surface area is 103 Å². The minimum absolute atomic E-state index is 0.358. The summed E-state index contributed by atoms with van der Waals surface area (Å²) >= 11 is 0. The van der Waals surface area contributed by atoms with Gasteiger partial charge in [-0.15, -0.1) is 0 Å². The highest BCUT2D eigenvalue weighted by molar-refractivity contribution is 7.90. The summed E-state index contributed by atoms with van der Waals surface area (Å²) in [6.45, 7) is 5.80. The third kappa shape index (κ3) is 5.10. The fourth-order valence-corrected chi connectivity index (χ4v) is 2.03. The highest BCUT2D eigenvalue weighted by Crippen LogP contribution is 2.09. The maximum atomic E-state index is 11.2. The molecule has 0 aromatic heterocycles. The Morgan fingerprint density at radius 3 is 2.47 bits per heavy atom. The van der Waals surface area contributed by atoms with Crippen LogP contribution in [0.4, 0.5) is 0 Å². The van der Waals surface area contributed by atoms with Crippen LogP contribution in [-0.4, -0.2) is 34.5 Å². The first kappa shape index (κ1) is 13.9. The number of aliphatic imine (C=N–C) groups is 1. The predicted molar refractivity (Wildman–Crippen MR) is 70.3 cm³/mol. The molecule has 0 amide bonds. The van der Waals surface area contributed by atoms with Gasteiger partial charge in [0.2, 0.25) is 0 Å². The number of benzene rings is 1. The Balaban J connectivity index is 2.44. The van der Waals surface area contributed by atoms with Gasteiger partial charge in [-0.2, -0.15) is 0 Å². The van der Waals surface area contributed by atoms with Gasteiger partial charge >= 0.3 is 0 Å². The minimum Gasteiger partial charge on any atom is -0.313 e. The number of hydrogen-bond acceptors (Lipinski definition) is 4. The molecule has 17 heavy (non-hydrogen) atoms. The van der Waals surface area contributed by atoms with Crippen LogP contribution in [0.25, 0.3) is 0 Å². The topological polar surface area (TPSA) is 58.5 Å². The van der Waals surface area contributed by atoms with E-state index in [9.17, 15) is 8.42 Å². The average Bonchev–Trinajstić information content (AvgIpc) is 2.28. The van der Waals surface area contributed by atoms with Crippen LogP contribution >= 0.6 is 0 Å². The molecular weight excluding hydrogens is 236 g/mol. The van der Waals surface area contributed by atoms with Crippen molar-refractivity contribution in [2.24, 2.45) is 4.99 Å². The average molecular weight is 254 g/mol. The van der Waals surface area contributed by atoms with Gasteiger partial charge in [0.15, 0.2) is 9.84 Å². The summed E-state index contributed by atoms with van der Waals surface area (Å²) in [6.07, 6.45) is 2.17. The van der Waals surface area contributed by atoms with E-state index >= 15 is 0 Å². The Morgan fingerprint density at radius 1 is 1.29 bits per heavy atom. The van der Waals surface area contributed by atoms with Gasteiger partial charge < -0.3 is 10.3 Å². The van der Waals surface area contributed by atoms with Crippen LogP contribution in [-0.2, 0) is 16.4 Å². The molecule has 0 aliphatic heterocycles. The smallest absolute Gasteiger partial charge is 0.175 e. The molecule has 0 fully saturated rings. The molecule has 0 saturated carbocycles. The second kappa shape index (κ2) is 6.51. The SMILES string of the molecule is C=NCCCNCc1ccc(S(C)(=O)=O)cc1. The van der Waals surface area contributed by atoms with Crippen molar-refractivity contribution in [3.8, 4) is 0 Å². The number of rotatable bonds is 7. The van der Waals surface area contributed by atoms with Crippen LogP contribution in [0.1, 0.15) is 12.0 Å². The zero-order valence-corrected chi connectivity index (χ0v) is 10.8. The lowest BCUT2D eigenvalue weighted by Gasteiger charge is -2.04. The van der Waals surface area contributed by atoms with Gasteiger partial charge in [0.05, 0.1) is 4.90 Å². The van der Waals surface area contributed by atoms with Crippen LogP contribution in [0, 0.1) is 0 Å².